The van der Waals surface area contributed by atoms with Gasteiger partial charge in [-0.25, -0.2) is 0 Å². The Balaban J connectivity index is 1.48. The van der Waals surface area contributed by atoms with Gasteiger partial charge in [-0.2, -0.15) is 4.98 Å². The van der Waals surface area contributed by atoms with Crippen LogP contribution >= 0.6 is 0 Å². The van der Waals surface area contributed by atoms with Gasteiger partial charge in [0, 0.05) is 19.0 Å². The monoisotopic (exact) mass is 262 g/mol. The highest BCUT2D eigenvalue weighted by atomic mass is 16.5. The van der Waals surface area contributed by atoms with E-state index in [-0.39, 0.29) is 0 Å². The Labute approximate surface area is 111 Å². The van der Waals surface area contributed by atoms with Crippen LogP contribution in [0.3, 0.4) is 0 Å². The SMILES string of the molecule is CN(CCn1cnnc1)Cc1noc(C2CCC2)n1. The van der Waals surface area contributed by atoms with Crippen LogP contribution in [0.5, 0.6) is 0 Å². The molecule has 1 aliphatic rings. The Morgan fingerprint density at radius 1 is 1.37 bits per heavy atom. The Hall–Kier alpha value is -1.76. The summed E-state index contributed by atoms with van der Waals surface area (Å²) in [4.78, 5) is 6.63. The van der Waals surface area contributed by atoms with Crippen molar-refractivity contribution in [3.8, 4) is 0 Å². The molecule has 0 unspecified atom stereocenters. The van der Waals surface area contributed by atoms with Crippen LogP contribution in [0.4, 0.5) is 0 Å². The maximum absolute atomic E-state index is 5.31. The van der Waals surface area contributed by atoms with Crippen LogP contribution in [0.15, 0.2) is 17.2 Å². The van der Waals surface area contributed by atoms with E-state index >= 15 is 0 Å². The summed E-state index contributed by atoms with van der Waals surface area (Å²) in [6.07, 6.45) is 7.09. The van der Waals surface area contributed by atoms with Crippen LogP contribution in [-0.2, 0) is 13.1 Å². The number of rotatable bonds is 6. The summed E-state index contributed by atoms with van der Waals surface area (Å²) in [5.41, 5.74) is 0. The molecule has 0 aromatic carbocycles. The zero-order valence-corrected chi connectivity index (χ0v) is 11.1. The lowest BCUT2D eigenvalue weighted by Crippen LogP contribution is -2.23. The van der Waals surface area contributed by atoms with Gasteiger partial charge in [-0.3, -0.25) is 4.90 Å². The van der Waals surface area contributed by atoms with Crippen molar-refractivity contribution in [1.29, 1.82) is 0 Å². The first-order valence-corrected chi connectivity index (χ1v) is 6.64. The normalized spacial score (nSPS) is 15.9. The number of nitrogens with zero attached hydrogens (tertiary/aromatic N) is 6. The van der Waals surface area contributed by atoms with Crippen molar-refractivity contribution in [3.63, 3.8) is 0 Å². The van der Waals surface area contributed by atoms with E-state index in [1.165, 1.54) is 19.3 Å². The molecule has 0 N–H and O–H groups in total. The molecular weight excluding hydrogens is 244 g/mol. The van der Waals surface area contributed by atoms with Gasteiger partial charge in [0.1, 0.15) is 12.7 Å². The lowest BCUT2D eigenvalue weighted by Gasteiger charge is -2.20. The van der Waals surface area contributed by atoms with Gasteiger partial charge >= 0.3 is 0 Å². The molecule has 0 radical (unpaired) electrons. The molecule has 1 aliphatic carbocycles. The molecule has 2 aromatic rings. The van der Waals surface area contributed by atoms with E-state index in [1.807, 2.05) is 11.6 Å². The van der Waals surface area contributed by atoms with Gasteiger partial charge in [0.2, 0.25) is 5.89 Å². The average molecular weight is 262 g/mol. The summed E-state index contributed by atoms with van der Waals surface area (Å²) < 4.78 is 7.26. The Morgan fingerprint density at radius 3 is 2.84 bits per heavy atom. The van der Waals surface area contributed by atoms with Gasteiger partial charge in [0.05, 0.1) is 6.54 Å². The number of likely N-dealkylation sites (N-methyl/N-ethyl adjacent to an activating group) is 1. The molecule has 0 aliphatic heterocycles. The average Bonchev–Trinajstić information content (AvgIpc) is 2.96. The molecule has 1 fully saturated rings. The smallest absolute Gasteiger partial charge is 0.229 e. The van der Waals surface area contributed by atoms with E-state index in [2.05, 4.69) is 25.2 Å². The van der Waals surface area contributed by atoms with Crippen molar-refractivity contribution in [3.05, 3.63) is 24.4 Å². The lowest BCUT2D eigenvalue weighted by molar-refractivity contribution is 0.280. The van der Waals surface area contributed by atoms with Gasteiger partial charge in [-0.15, -0.1) is 10.2 Å². The van der Waals surface area contributed by atoms with Gasteiger partial charge in [-0.05, 0) is 19.9 Å². The molecule has 0 amide bonds. The second-order valence-electron chi connectivity index (χ2n) is 5.11. The molecule has 3 rings (SSSR count). The van der Waals surface area contributed by atoms with Gasteiger partial charge in [-0.1, -0.05) is 11.6 Å². The minimum atomic E-state index is 0.503. The van der Waals surface area contributed by atoms with Gasteiger partial charge in [0.15, 0.2) is 5.82 Å². The molecule has 0 bridgehead atoms. The molecule has 2 aromatic heterocycles. The van der Waals surface area contributed by atoms with Crippen LogP contribution in [0.25, 0.3) is 0 Å². The Kier molecular flexibility index (Phi) is 3.54. The zero-order chi connectivity index (χ0) is 13.1. The molecule has 102 valence electrons. The van der Waals surface area contributed by atoms with E-state index in [4.69, 9.17) is 4.52 Å². The Morgan fingerprint density at radius 2 is 2.16 bits per heavy atom. The molecule has 0 spiro atoms. The minimum absolute atomic E-state index is 0.503. The molecule has 1 saturated carbocycles. The maximum atomic E-state index is 5.31. The second-order valence-corrected chi connectivity index (χ2v) is 5.11. The topological polar surface area (TPSA) is 72.9 Å². The highest BCUT2D eigenvalue weighted by molar-refractivity contribution is 4.98. The van der Waals surface area contributed by atoms with E-state index < -0.39 is 0 Å². The van der Waals surface area contributed by atoms with Crippen LogP contribution < -0.4 is 0 Å². The largest absolute Gasteiger partial charge is 0.339 e. The fourth-order valence-corrected chi connectivity index (χ4v) is 2.10. The van der Waals surface area contributed by atoms with E-state index in [0.717, 1.165) is 24.8 Å². The number of aromatic nitrogens is 5. The third-order valence-corrected chi connectivity index (χ3v) is 3.56. The lowest BCUT2D eigenvalue weighted by atomic mass is 9.85. The Bertz CT molecular complexity index is 504. The zero-order valence-electron chi connectivity index (χ0n) is 11.1. The van der Waals surface area contributed by atoms with Crippen LogP contribution in [0.2, 0.25) is 0 Å². The summed E-state index contributed by atoms with van der Waals surface area (Å²) in [7, 11) is 2.05. The summed E-state index contributed by atoms with van der Waals surface area (Å²) in [5, 5.41) is 11.6. The van der Waals surface area contributed by atoms with Crippen molar-refractivity contribution in [1.82, 2.24) is 29.8 Å². The molecule has 0 atom stereocenters. The quantitative estimate of drug-likeness (QED) is 0.775. The summed E-state index contributed by atoms with van der Waals surface area (Å²) in [6.45, 7) is 2.46. The molecule has 7 heteroatoms. The van der Waals surface area contributed by atoms with Crippen LogP contribution in [0, 0.1) is 0 Å². The summed E-state index contributed by atoms with van der Waals surface area (Å²) in [5.74, 6) is 2.09. The van der Waals surface area contributed by atoms with Crippen molar-refractivity contribution >= 4 is 0 Å². The predicted octanol–water partition coefficient (Wildman–Crippen LogP) is 1.06. The van der Waals surface area contributed by atoms with Crippen LogP contribution in [0.1, 0.15) is 36.9 Å². The van der Waals surface area contributed by atoms with Crippen LogP contribution in [-0.4, -0.2) is 43.4 Å². The summed E-state index contributed by atoms with van der Waals surface area (Å²) in [6, 6.07) is 0. The predicted molar refractivity (Wildman–Crippen MR) is 67.2 cm³/mol. The van der Waals surface area contributed by atoms with Crippen molar-refractivity contribution in [2.24, 2.45) is 0 Å². The van der Waals surface area contributed by atoms with Crippen molar-refractivity contribution in [2.45, 2.75) is 38.3 Å². The first-order chi connectivity index (χ1) is 9.31. The molecule has 19 heavy (non-hydrogen) atoms. The van der Waals surface area contributed by atoms with E-state index in [1.54, 1.807) is 12.7 Å². The maximum Gasteiger partial charge on any atom is 0.229 e. The van der Waals surface area contributed by atoms with Gasteiger partial charge < -0.3 is 9.09 Å². The number of hydrogen-bond acceptors (Lipinski definition) is 6. The first-order valence-electron chi connectivity index (χ1n) is 6.64. The highest BCUT2D eigenvalue weighted by Crippen LogP contribution is 2.35. The fourth-order valence-electron chi connectivity index (χ4n) is 2.10. The van der Waals surface area contributed by atoms with Gasteiger partial charge in [0.25, 0.3) is 0 Å². The first kappa shape index (κ1) is 12.3. The molecular formula is C12H18N6O. The highest BCUT2D eigenvalue weighted by Gasteiger charge is 2.25. The minimum Gasteiger partial charge on any atom is -0.339 e. The van der Waals surface area contributed by atoms with Crippen molar-refractivity contribution < 1.29 is 4.52 Å². The van der Waals surface area contributed by atoms with E-state index in [0.29, 0.717) is 12.5 Å². The standard InChI is InChI=1S/C12H18N6O/c1-17(5-6-18-8-13-14-9-18)7-11-15-12(19-16-11)10-3-2-4-10/h8-10H,2-7H2,1H3. The fraction of sp³-hybridized carbons (Fsp3) is 0.667. The molecule has 2 heterocycles. The second kappa shape index (κ2) is 5.48. The molecule has 0 saturated heterocycles. The molecule has 7 nitrogen and oxygen atoms in total. The number of hydrogen-bond donors (Lipinski definition) is 0. The summed E-state index contributed by atoms with van der Waals surface area (Å²) >= 11 is 0. The van der Waals surface area contributed by atoms with Crippen molar-refractivity contribution in [2.75, 3.05) is 13.6 Å². The van der Waals surface area contributed by atoms with E-state index in [9.17, 15) is 0 Å². The third-order valence-electron chi connectivity index (χ3n) is 3.56. The third kappa shape index (κ3) is 2.98.